The number of likely N-dealkylation sites (N-methyl/N-ethyl adjacent to an activating group) is 1. The second kappa shape index (κ2) is 6.06. The molecule has 4 nitrogen and oxygen atoms in total. The number of rotatable bonds is 4. The normalized spacial score (nSPS) is 13.1. The third kappa shape index (κ3) is 3.96. The Hall–Kier alpha value is -1.55. The molecule has 19 heavy (non-hydrogen) atoms. The van der Waals surface area contributed by atoms with Crippen molar-refractivity contribution in [1.82, 2.24) is 5.32 Å². The first-order valence-electron chi connectivity index (χ1n) is 6.37. The SMILES string of the molecule is CN[C@@H](Cc1ccc(O)c(C(C)(C)C)c1)C(=O)OC. The summed E-state index contributed by atoms with van der Waals surface area (Å²) >= 11 is 0. The van der Waals surface area contributed by atoms with Gasteiger partial charge < -0.3 is 15.2 Å². The molecule has 0 aliphatic heterocycles. The topological polar surface area (TPSA) is 58.6 Å². The number of carbonyl (C=O) groups excluding carboxylic acids is 1. The van der Waals surface area contributed by atoms with Crippen molar-refractivity contribution in [1.29, 1.82) is 0 Å². The summed E-state index contributed by atoms with van der Waals surface area (Å²) in [5.74, 6) is 0.00297. The number of hydrogen-bond donors (Lipinski definition) is 2. The van der Waals surface area contributed by atoms with E-state index in [9.17, 15) is 9.90 Å². The second-order valence-corrected chi connectivity index (χ2v) is 5.67. The van der Waals surface area contributed by atoms with Crippen molar-refractivity contribution in [2.75, 3.05) is 14.2 Å². The average Bonchev–Trinajstić information content (AvgIpc) is 2.35. The number of nitrogens with one attached hydrogen (secondary N) is 1. The van der Waals surface area contributed by atoms with Gasteiger partial charge in [-0.05, 0) is 36.1 Å². The van der Waals surface area contributed by atoms with Crippen LogP contribution in [0.15, 0.2) is 18.2 Å². The zero-order valence-corrected chi connectivity index (χ0v) is 12.3. The molecule has 0 radical (unpaired) electrons. The van der Waals surface area contributed by atoms with Crippen LogP contribution in [0.5, 0.6) is 5.75 Å². The number of phenols is 1. The third-order valence-electron chi connectivity index (χ3n) is 3.14. The lowest BCUT2D eigenvalue weighted by Crippen LogP contribution is -2.36. The summed E-state index contributed by atoms with van der Waals surface area (Å²) in [5, 5.41) is 12.8. The van der Waals surface area contributed by atoms with E-state index in [1.807, 2.05) is 32.9 Å². The monoisotopic (exact) mass is 265 g/mol. The van der Waals surface area contributed by atoms with Crippen LogP contribution in [0.1, 0.15) is 31.9 Å². The molecule has 1 atom stereocenters. The number of aromatic hydroxyl groups is 1. The molecular formula is C15H23NO3. The predicted octanol–water partition coefficient (Wildman–Crippen LogP) is 1.99. The molecule has 1 rings (SSSR count). The highest BCUT2D eigenvalue weighted by Gasteiger charge is 2.21. The van der Waals surface area contributed by atoms with E-state index in [1.54, 1.807) is 13.1 Å². The van der Waals surface area contributed by atoms with Gasteiger partial charge in [0.05, 0.1) is 7.11 Å². The van der Waals surface area contributed by atoms with E-state index in [-0.39, 0.29) is 23.2 Å². The molecule has 1 aromatic carbocycles. The van der Waals surface area contributed by atoms with Crippen molar-refractivity contribution in [3.8, 4) is 5.75 Å². The maximum atomic E-state index is 11.6. The molecule has 0 aromatic heterocycles. The van der Waals surface area contributed by atoms with Gasteiger partial charge in [0.1, 0.15) is 11.8 Å². The Bertz CT molecular complexity index is 449. The molecule has 0 bridgehead atoms. The van der Waals surface area contributed by atoms with E-state index >= 15 is 0 Å². The largest absolute Gasteiger partial charge is 0.508 e. The van der Waals surface area contributed by atoms with Gasteiger partial charge in [-0.3, -0.25) is 4.79 Å². The van der Waals surface area contributed by atoms with Crippen molar-refractivity contribution in [2.45, 2.75) is 38.6 Å². The molecule has 0 heterocycles. The fraction of sp³-hybridized carbons (Fsp3) is 0.533. The van der Waals surface area contributed by atoms with Crippen LogP contribution in [0.3, 0.4) is 0 Å². The van der Waals surface area contributed by atoms with E-state index in [0.29, 0.717) is 6.42 Å². The molecule has 0 fully saturated rings. The maximum absolute atomic E-state index is 11.6. The standard InChI is InChI=1S/C15H23NO3/c1-15(2,3)11-8-10(6-7-13(11)17)9-12(16-4)14(18)19-5/h6-8,12,16-17H,9H2,1-5H3/t12-/m0/s1. The number of methoxy groups -OCH3 is 1. The highest BCUT2D eigenvalue weighted by molar-refractivity contribution is 5.76. The van der Waals surface area contributed by atoms with Gasteiger partial charge in [-0.1, -0.05) is 32.9 Å². The molecule has 106 valence electrons. The van der Waals surface area contributed by atoms with Crippen LogP contribution < -0.4 is 5.32 Å². The van der Waals surface area contributed by atoms with Crippen LogP contribution >= 0.6 is 0 Å². The lowest BCUT2D eigenvalue weighted by molar-refractivity contribution is -0.142. The molecule has 4 heteroatoms. The summed E-state index contributed by atoms with van der Waals surface area (Å²) in [4.78, 5) is 11.6. The first-order valence-corrected chi connectivity index (χ1v) is 6.37. The first-order chi connectivity index (χ1) is 8.79. The van der Waals surface area contributed by atoms with Gasteiger partial charge in [0, 0.05) is 0 Å². The minimum atomic E-state index is -0.373. The Morgan fingerprint density at radius 1 is 1.42 bits per heavy atom. The fourth-order valence-corrected chi connectivity index (χ4v) is 1.99. The van der Waals surface area contributed by atoms with E-state index in [1.165, 1.54) is 7.11 Å². The first kappa shape index (κ1) is 15.5. The van der Waals surface area contributed by atoms with Crippen molar-refractivity contribution in [3.63, 3.8) is 0 Å². The van der Waals surface area contributed by atoms with Gasteiger partial charge in [0.15, 0.2) is 0 Å². The molecule has 0 aliphatic rings. The van der Waals surface area contributed by atoms with Gasteiger partial charge in [-0.15, -0.1) is 0 Å². The number of ether oxygens (including phenoxy) is 1. The Kier molecular flexibility index (Phi) is 4.95. The Labute approximate surface area is 114 Å². The minimum Gasteiger partial charge on any atom is -0.508 e. The van der Waals surface area contributed by atoms with Crippen molar-refractivity contribution in [3.05, 3.63) is 29.3 Å². The van der Waals surface area contributed by atoms with Crippen LogP contribution in [-0.2, 0) is 21.4 Å². The van der Waals surface area contributed by atoms with Crippen LogP contribution in [-0.4, -0.2) is 31.3 Å². The van der Waals surface area contributed by atoms with Crippen molar-refractivity contribution < 1.29 is 14.6 Å². The van der Waals surface area contributed by atoms with Gasteiger partial charge in [-0.2, -0.15) is 0 Å². The maximum Gasteiger partial charge on any atom is 0.323 e. The van der Waals surface area contributed by atoms with Crippen LogP contribution in [0, 0.1) is 0 Å². The van der Waals surface area contributed by atoms with E-state index in [0.717, 1.165) is 11.1 Å². The third-order valence-corrected chi connectivity index (χ3v) is 3.14. The molecule has 2 N–H and O–H groups in total. The van der Waals surface area contributed by atoms with Gasteiger partial charge in [0.2, 0.25) is 0 Å². The molecule has 0 saturated carbocycles. The molecule has 0 saturated heterocycles. The lowest BCUT2D eigenvalue weighted by Gasteiger charge is -2.22. The molecule has 0 aliphatic carbocycles. The van der Waals surface area contributed by atoms with Crippen molar-refractivity contribution >= 4 is 5.97 Å². The van der Waals surface area contributed by atoms with E-state index < -0.39 is 0 Å². The van der Waals surface area contributed by atoms with Gasteiger partial charge >= 0.3 is 5.97 Å². The zero-order chi connectivity index (χ0) is 14.6. The van der Waals surface area contributed by atoms with E-state index in [2.05, 4.69) is 5.32 Å². The number of phenolic OH excluding ortho intramolecular Hbond substituents is 1. The second-order valence-electron chi connectivity index (χ2n) is 5.67. The summed E-state index contributed by atoms with van der Waals surface area (Å²) in [6, 6.07) is 5.09. The highest BCUT2D eigenvalue weighted by atomic mass is 16.5. The number of hydrogen-bond acceptors (Lipinski definition) is 4. The summed E-state index contributed by atoms with van der Waals surface area (Å²) in [5.41, 5.74) is 1.73. The Morgan fingerprint density at radius 2 is 2.05 bits per heavy atom. The highest BCUT2D eigenvalue weighted by Crippen LogP contribution is 2.31. The predicted molar refractivity (Wildman–Crippen MR) is 75.4 cm³/mol. The minimum absolute atomic E-state index is 0.138. The fourth-order valence-electron chi connectivity index (χ4n) is 1.99. The number of benzene rings is 1. The molecule has 0 amide bonds. The van der Waals surface area contributed by atoms with Gasteiger partial charge in [-0.25, -0.2) is 0 Å². The smallest absolute Gasteiger partial charge is 0.323 e. The van der Waals surface area contributed by atoms with Crippen molar-refractivity contribution in [2.24, 2.45) is 0 Å². The molecule has 1 aromatic rings. The quantitative estimate of drug-likeness (QED) is 0.817. The molecular weight excluding hydrogens is 242 g/mol. The molecule has 0 unspecified atom stereocenters. The van der Waals surface area contributed by atoms with Gasteiger partial charge in [0.25, 0.3) is 0 Å². The summed E-state index contributed by atoms with van der Waals surface area (Å²) in [6.07, 6.45) is 0.534. The average molecular weight is 265 g/mol. The molecule has 0 spiro atoms. The van der Waals surface area contributed by atoms with Crippen LogP contribution in [0.2, 0.25) is 0 Å². The zero-order valence-electron chi connectivity index (χ0n) is 12.3. The number of carbonyl (C=O) groups is 1. The summed E-state index contributed by atoms with van der Waals surface area (Å²) < 4.78 is 4.75. The lowest BCUT2D eigenvalue weighted by atomic mass is 9.85. The Morgan fingerprint density at radius 3 is 2.53 bits per heavy atom. The number of esters is 1. The summed E-state index contributed by atoms with van der Waals surface area (Å²) in [6.45, 7) is 6.13. The van der Waals surface area contributed by atoms with Crippen LogP contribution in [0.25, 0.3) is 0 Å². The Balaban J connectivity index is 3.00. The van der Waals surface area contributed by atoms with Crippen LogP contribution in [0.4, 0.5) is 0 Å². The van der Waals surface area contributed by atoms with E-state index in [4.69, 9.17) is 4.74 Å². The summed E-state index contributed by atoms with van der Waals surface area (Å²) in [7, 11) is 3.11.